The summed E-state index contributed by atoms with van der Waals surface area (Å²) >= 11 is 1.58. The van der Waals surface area contributed by atoms with Crippen LogP contribution in [-0.4, -0.2) is 18.1 Å². The van der Waals surface area contributed by atoms with Crippen LogP contribution >= 0.6 is 11.3 Å². The summed E-state index contributed by atoms with van der Waals surface area (Å²) in [5.74, 6) is 5.38. The molecule has 0 N–H and O–H groups in total. The lowest BCUT2D eigenvalue weighted by atomic mass is 10.2. The van der Waals surface area contributed by atoms with Gasteiger partial charge in [-0.05, 0) is 18.2 Å². The number of carbonyl (C=O) groups excluding carboxylic acids is 1. The Kier molecular flexibility index (Phi) is 3.18. The largest absolute Gasteiger partial charge is 0.468 e. The van der Waals surface area contributed by atoms with Gasteiger partial charge in [0.1, 0.15) is 6.42 Å². The van der Waals surface area contributed by atoms with Crippen LogP contribution in [0.2, 0.25) is 0 Å². The smallest absolute Gasteiger partial charge is 0.317 e. The highest BCUT2D eigenvalue weighted by Gasteiger charge is 1.97. The van der Waals surface area contributed by atoms with Crippen molar-refractivity contribution in [2.45, 2.75) is 6.42 Å². The molecule has 0 aliphatic heterocycles. The Balaban J connectivity index is 2.17. The fraction of sp³-hybridized carbons (Fsp3) is 0.167. The molecule has 4 heteroatoms. The number of aromatic nitrogens is 1. The van der Waals surface area contributed by atoms with Crippen molar-refractivity contribution in [3.05, 3.63) is 29.3 Å². The van der Waals surface area contributed by atoms with E-state index in [0.29, 0.717) is 0 Å². The molecule has 0 unspecified atom stereocenters. The third kappa shape index (κ3) is 2.38. The maximum Gasteiger partial charge on any atom is 0.317 e. The monoisotopic (exact) mass is 231 g/mol. The van der Waals surface area contributed by atoms with Gasteiger partial charge in [-0.15, -0.1) is 11.3 Å². The Labute approximate surface area is 97.1 Å². The Morgan fingerprint density at radius 2 is 2.44 bits per heavy atom. The maximum absolute atomic E-state index is 10.8. The molecule has 1 heterocycles. The van der Waals surface area contributed by atoms with Gasteiger partial charge in [0.2, 0.25) is 0 Å². The minimum absolute atomic E-state index is 0.122. The first-order valence-corrected chi connectivity index (χ1v) is 5.56. The molecule has 0 spiro atoms. The van der Waals surface area contributed by atoms with Crippen LogP contribution in [0.1, 0.15) is 12.0 Å². The Bertz CT molecular complexity index is 577. The molecule has 0 saturated heterocycles. The Morgan fingerprint density at radius 1 is 1.56 bits per heavy atom. The fourth-order valence-corrected chi connectivity index (χ4v) is 1.94. The van der Waals surface area contributed by atoms with Crippen LogP contribution in [0.3, 0.4) is 0 Å². The fourth-order valence-electron chi connectivity index (χ4n) is 1.22. The molecule has 1 aromatic carbocycles. The summed E-state index contributed by atoms with van der Waals surface area (Å²) in [5, 5.41) is 0. The number of thiazole rings is 1. The summed E-state index contributed by atoms with van der Waals surface area (Å²) in [5.41, 5.74) is 3.67. The highest BCUT2D eigenvalue weighted by atomic mass is 32.1. The molecule has 1 aromatic heterocycles. The average molecular weight is 231 g/mol. The van der Waals surface area contributed by atoms with Gasteiger partial charge in [-0.2, -0.15) is 0 Å². The molecule has 0 fully saturated rings. The Morgan fingerprint density at radius 3 is 3.25 bits per heavy atom. The third-order valence-corrected chi connectivity index (χ3v) is 2.82. The minimum atomic E-state index is -0.314. The molecule has 16 heavy (non-hydrogen) atoms. The van der Waals surface area contributed by atoms with E-state index in [9.17, 15) is 4.79 Å². The second-order valence-electron chi connectivity index (χ2n) is 3.09. The number of benzene rings is 1. The number of fused-ring (bicyclic) bond motifs is 1. The number of carbonyl (C=O) groups is 1. The molecule has 2 rings (SSSR count). The van der Waals surface area contributed by atoms with Crippen LogP contribution in [0.15, 0.2) is 23.7 Å². The van der Waals surface area contributed by atoms with Crippen LogP contribution in [0.25, 0.3) is 10.2 Å². The highest BCUT2D eigenvalue weighted by Crippen LogP contribution is 2.18. The number of rotatable bonds is 1. The summed E-state index contributed by atoms with van der Waals surface area (Å²) in [6.07, 6.45) is 0.122. The number of hydrogen-bond acceptors (Lipinski definition) is 4. The molecule has 0 saturated carbocycles. The van der Waals surface area contributed by atoms with Crippen molar-refractivity contribution < 1.29 is 9.53 Å². The summed E-state index contributed by atoms with van der Waals surface area (Å²) < 4.78 is 5.60. The van der Waals surface area contributed by atoms with Crippen LogP contribution in [0.5, 0.6) is 0 Å². The molecule has 3 nitrogen and oxygen atoms in total. The van der Waals surface area contributed by atoms with E-state index in [-0.39, 0.29) is 12.4 Å². The molecule has 0 atom stereocenters. The highest BCUT2D eigenvalue weighted by molar-refractivity contribution is 7.16. The van der Waals surface area contributed by atoms with Crippen molar-refractivity contribution in [1.29, 1.82) is 0 Å². The van der Waals surface area contributed by atoms with Gasteiger partial charge in [-0.25, -0.2) is 4.98 Å². The van der Waals surface area contributed by atoms with E-state index in [4.69, 9.17) is 0 Å². The normalized spacial score (nSPS) is 9.56. The van der Waals surface area contributed by atoms with E-state index in [1.165, 1.54) is 7.11 Å². The summed E-state index contributed by atoms with van der Waals surface area (Å²) in [6.45, 7) is 0. The summed E-state index contributed by atoms with van der Waals surface area (Å²) in [4.78, 5) is 15.0. The van der Waals surface area contributed by atoms with Gasteiger partial charge in [0.05, 0.1) is 22.8 Å². The molecule has 0 amide bonds. The molecule has 0 bridgehead atoms. The van der Waals surface area contributed by atoms with E-state index in [2.05, 4.69) is 21.6 Å². The van der Waals surface area contributed by atoms with Crippen molar-refractivity contribution in [3.63, 3.8) is 0 Å². The van der Waals surface area contributed by atoms with E-state index in [0.717, 1.165) is 15.8 Å². The predicted octanol–water partition coefficient (Wildman–Crippen LogP) is 2.21. The molecular formula is C12H9NO2S. The average Bonchev–Trinajstić information content (AvgIpc) is 2.76. The zero-order chi connectivity index (χ0) is 11.4. The van der Waals surface area contributed by atoms with E-state index >= 15 is 0 Å². The lowest BCUT2D eigenvalue weighted by Gasteiger charge is -1.91. The van der Waals surface area contributed by atoms with Gasteiger partial charge in [-0.3, -0.25) is 4.79 Å². The first-order valence-electron chi connectivity index (χ1n) is 4.68. The van der Waals surface area contributed by atoms with Gasteiger partial charge in [0.25, 0.3) is 0 Å². The standard InChI is InChI=1S/C12H9NO2S/c1-15-12(14)4-2-3-9-5-6-10-11(7-9)16-8-13-10/h5-8H,4H2,1H3. The van der Waals surface area contributed by atoms with Crippen molar-refractivity contribution in [1.82, 2.24) is 4.98 Å². The molecule has 2 aromatic rings. The first kappa shape index (κ1) is 10.7. The van der Waals surface area contributed by atoms with Crippen LogP contribution in [0, 0.1) is 11.8 Å². The number of methoxy groups -OCH3 is 1. The lowest BCUT2D eigenvalue weighted by Crippen LogP contribution is -1.96. The zero-order valence-electron chi connectivity index (χ0n) is 8.69. The second kappa shape index (κ2) is 4.77. The van der Waals surface area contributed by atoms with E-state index in [1.807, 2.05) is 18.2 Å². The number of hydrogen-bond donors (Lipinski definition) is 0. The number of esters is 1. The van der Waals surface area contributed by atoms with Crippen molar-refractivity contribution in [2.75, 3.05) is 7.11 Å². The van der Waals surface area contributed by atoms with E-state index < -0.39 is 0 Å². The Hall–Kier alpha value is -1.86. The van der Waals surface area contributed by atoms with Gasteiger partial charge in [0, 0.05) is 5.56 Å². The quantitative estimate of drug-likeness (QED) is 0.558. The van der Waals surface area contributed by atoms with Gasteiger partial charge in [0.15, 0.2) is 0 Å². The second-order valence-corrected chi connectivity index (χ2v) is 3.98. The maximum atomic E-state index is 10.8. The summed E-state index contributed by atoms with van der Waals surface area (Å²) in [7, 11) is 1.35. The van der Waals surface area contributed by atoms with Gasteiger partial charge >= 0.3 is 5.97 Å². The van der Waals surface area contributed by atoms with Crippen molar-refractivity contribution in [2.24, 2.45) is 0 Å². The van der Waals surface area contributed by atoms with Crippen LogP contribution < -0.4 is 0 Å². The van der Waals surface area contributed by atoms with Gasteiger partial charge in [-0.1, -0.05) is 11.8 Å². The third-order valence-electron chi connectivity index (χ3n) is 2.02. The molecule has 0 aliphatic rings. The molecule has 80 valence electrons. The van der Waals surface area contributed by atoms with E-state index in [1.54, 1.807) is 16.8 Å². The van der Waals surface area contributed by atoms with Gasteiger partial charge < -0.3 is 4.74 Å². The first-order chi connectivity index (χ1) is 7.79. The van der Waals surface area contributed by atoms with Crippen LogP contribution in [-0.2, 0) is 9.53 Å². The van der Waals surface area contributed by atoms with Crippen LogP contribution in [0.4, 0.5) is 0 Å². The number of nitrogens with zero attached hydrogens (tertiary/aromatic N) is 1. The number of ether oxygens (including phenoxy) is 1. The molecular weight excluding hydrogens is 222 g/mol. The molecule has 0 aliphatic carbocycles. The molecule has 0 radical (unpaired) electrons. The SMILES string of the molecule is COC(=O)CC#Cc1ccc2ncsc2c1. The zero-order valence-corrected chi connectivity index (χ0v) is 9.50. The van der Waals surface area contributed by atoms with Crippen molar-refractivity contribution in [3.8, 4) is 11.8 Å². The summed E-state index contributed by atoms with van der Waals surface area (Å²) in [6, 6.07) is 5.79. The lowest BCUT2D eigenvalue weighted by molar-refractivity contribution is -0.139. The predicted molar refractivity (Wildman–Crippen MR) is 63.1 cm³/mol. The minimum Gasteiger partial charge on any atom is -0.468 e. The topological polar surface area (TPSA) is 39.2 Å². The van der Waals surface area contributed by atoms with Crippen molar-refractivity contribution >= 4 is 27.5 Å².